The Morgan fingerprint density at radius 2 is 2.00 bits per heavy atom. The highest BCUT2D eigenvalue weighted by molar-refractivity contribution is 7.71. The lowest BCUT2D eigenvalue weighted by atomic mass is 10.1. The summed E-state index contributed by atoms with van der Waals surface area (Å²) in [6.07, 6.45) is 0. The molecule has 0 radical (unpaired) electrons. The zero-order valence-corrected chi connectivity index (χ0v) is 11.4. The molecular weight excluding hydrogens is 256 g/mol. The van der Waals surface area contributed by atoms with Crippen LogP contribution in [-0.4, -0.2) is 14.9 Å². The van der Waals surface area contributed by atoms with Gasteiger partial charge in [0.2, 0.25) is 4.77 Å². The second-order valence-electron chi connectivity index (χ2n) is 4.38. The molecule has 0 unspecified atom stereocenters. The zero-order chi connectivity index (χ0) is 13.2. The van der Waals surface area contributed by atoms with Gasteiger partial charge in [-0.2, -0.15) is 5.10 Å². The molecule has 0 amide bonds. The van der Waals surface area contributed by atoms with Crippen LogP contribution in [-0.2, 0) is 6.54 Å². The molecule has 1 aromatic heterocycles. The molecule has 4 nitrogen and oxygen atoms in total. The molecule has 0 aliphatic heterocycles. The molecule has 0 saturated carbocycles. The van der Waals surface area contributed by atoms with E-state index in [0.29, 0.717) is 11.3 Å². The van der Waals surface area contributed by atoms with E-state index in [1.165, 1.54) is 16.3 Å². The van der Waals surface area contributed by atoms with Gasteiger partial charge in [-0.05, 0) is 35.5 Å². The minimum atomic E-state index is 0.581. The minimum Gasteiger partial charge on any atom is -0.318 e. The summed E-state index contributed by atoms with van der Waals surface area (Å²) in [6.45, 7) is 2.61. The van der Waals surface area contributed by atoms with Crippen molar-refractivity contribution in [3.8, 4) is 0 Å². The Morgan fingerprint density at radius 3 is 2.79 bits per heavy atom. The third kappa shape index (κ3) is 2.24. The van der Waals surface area contributed by atoms with Crippen molar-refractivity contribution in [3.05, 3.63) is 58.6 Å². The van der Waals surface area contributed by atoms with Crippen LogP contribution in [0.4, 0.5) is 0 Å². The van der Waals surface area contributed by atoms with Gasteiger partial charge >= 0.3 is 0 Å². The van der Waals surface area contributed by atoms with Gasteiger partial charge in [-0.25, -0.2) is 4.68 Å². The van der Waals surface area contributed by atoms with E-state index in [9.17, 15) is 0 Å². The van der Waals surface area contributed by atoms with Gasteiger partial charge in [0, 0.05) is 0 Å². The maximum Gasteiger partial charge on any atom is 0.214 e. The van der Waals surface area contributed by atoms with Crippen LogP contribution in [0.1, 0.15) is 11.4 Å². The lowest BCUT2D eigenvalue weighted by Gasteiger charge is -2.10. The van der Waals surface area contributed by atoms with E-state index in [2.05, 4.69) is 58.1 Å². The van der Waals surface area contributed by atoms with Crippen molar-refractivity contribution in [2.75, 3.05) is 5.43 Å². The quantitative estimate of drug-likeness (QED) is 0.719. The molecule has 5 heteroatoms. The van der Waals surface area contributed by atoms with E-state index in [4.69, 9.17) is 12.2 Å². The molecule has 1 heterocycles. The molecule has 3 aromatic rings. The number of nitrogens with zero attached hydrogens (tertiary/aromatic N) is 2. The maximum absolute atomic E-state index is 5.17. The zero-order valence-electron chi connectivity index (χ0n) is 10.6. The molecule has 0 fully saturated rings. The monoisotopic (exact) mass is 270 g/mol. The van der Waals surface area contributed by atoms with Gasteiger partial charge in [0.25, 0.3) is 0 Å². The number of benzene rings is 2. The standard InChI is InChI=1S/C14H14N4S/c1-10-16-17-14(19)18(10)15-9-12-7-4-6-11-5-2-3-8-13(11)12/h2-8,15H,9H2,1H3,(H,17,19). The third-order valence-corrected chi connectivity index (χ3v) is 3.42. The van der Waals surface area contributed by atoms with Crippen LogP contribution in [0.25, 0.3) is 10.8 Å². The van der Waals surface area contributed by atoms with Gasteiger partial charge in [-0.1, -0.05) is 42.5 Å². The highest BCUT2D eigenvalue weighted by Gasteiger charge is 2.02. The number of fused-ring (bicyclic) bond motifs is 1. The van der Waals surface area contributed by atoms with Crippen molar-refractivity contribution < 1.29 is 0 Å². The second-order valence-corrected chi connectivity index (χ2v) is 4.77. The number of aromatic amines is 1. The molecule has 0 saturated heterocycles. The molecular formula is C14H14N4S. The first-order valence-electron chi connectivity index (χ1n) is 6.10. The Morgan fingerprint density at radius 1 is 1.21 bits per heavy atom. The lowest BCUT2D eigenvalue weighted by molar-refractivity contribution is 0.796. The summed E-state index contributed by atoms with van der Waals surface area (Å²) < 4.78 is 2.37. The summed E-state index contributed by atoms with van der Waals surface area (Å²) in [4.78, 5) is 0. The maximum atomic E-state index is 5.17. The molecule has 0 aliphatic rings. The molecule has 0 bridgehead atoms. The van der Waals surface area contributed by atoms with Crippen molar-refractivity contribution in [1.82, 2.24) is 14.9 Å². The smallest absolute Gasteiger partial charge is 0.214 e. The lowest BCUT2D eigenvalue weighted by Crippen LogP contribution is -2.16. The first-order valence-corrected chi connectivity index (χ1v) is 6.51. The van der Waals surface area contributed by atoms with Crippen molar-refractivity contribution in [2.45, 2.75) is 13.5 Å². The number of aromatic nitrogens is 3. The first-order chi connectivity index (χ1) is 9.25. The molecule has 2 aromatic carbocycles. The fourth-order valence-corrected chi connectivity index (χ4v) is 2.42. The third-order valence-electron chi connectivity index (χ3n) is 3.15. The topological polar surface area (TPSA) is 45.6 Å². The fraction of sp³-hybridized carbons (Fsp3) is 0.143. The normalized spacial score (nSPS) is 10.8. The SMILES string of the molecule is Cc1n[nH]c(=S)n1NCc1cccc2ccccc12. The minimum absolute atomic E-state index is 0.581. The van der Waals surface area contributed by atoms with E-state index >= 15 is 0 Å². The summed E-state index contributed by atoms with van der Waals surface area (Å²) in [7, 11) is 0. The summed E-state index contributed by atoms with van der Waals surface area (Å²) in [5, 5.41) is 9.34. The van der Waals surface area contributed by atoms with Crippen LogP contribution in [0.5, 0.6) is 0 Å². The van der Waals surface area contributed by atoms with Crippen LogP contribution in [0.15, 0.2) is 42.5 Å². The van der Waals surface area contributed by atoms with Crippen molar-refractivity contribution in [1.29, 1.82) is 0 Å². The molecule has 0 atom stereocenters. The van der Waals surface area contributed by atoms with Crippen molar-refractivity contribution >= 4 is 23.0 Å². The van der Waals surface area contributed by atoms with Crippen LogP contribution in [0.3, 0.4) is 0 Å². The van der Waals surface area contributed by atoms with Crippen molar-refractivity contribution in [2.24, 2.45) is 0 Å². The first kappa shape index (κ1) is 11.9. The fourth-order valence-electron chi connectivity index (χ4n) is 2.17. The molecule has 0 aliphatic carbocycles. The Hall–Kier alpha value is -2.14. The van der Waals surface area contributed by atoms with Crippen LogP contribution in [0, 0.1) is 11.7 Å². The number of rotatable bonds is 3. The molecule has 0 spiro atoms. The Kier molecular flexibility index (Phi) is 3.05. The van der Waals surface area contributed by atoms with Gasteiger partial charge in [-0.3, -0.25) is 5.10 Å². The predicted molar refractivity (Wildman–Crippen MR) is 79.2 cm³/mol. The van der Waals surface area contributed by atoms with E-state index in [-0.39, 0.29) is 0 Å². The average Bonchev–Trinajstić information content (AvgIpc) is 2.76. The number of hydrogen-bond acceptors (Lipinski definition) is 3. The summed E-state index contributed by atoms with van der Waals surface area (Å²) in [5.41, 5.74) is 4.53. The van der Waals surface area contributed by atoms with E-state index < -0.39 is 0 Å². The summed E-state index contributed by atoms with van der Waals surface area (Å²) >= 11 is 5.17. The molecule has 96 valence electrons. The van der Waals surface area contributed by atoms with Crippen LogP contribution >= 0.6 is 12.2 Å². The van der Waals surface area contributed by atoms with E-state index in [0.717, 1.165) is 5.82 Å². The van der Waals surface area contributed by atoms with Crippen LogP contribution < -0.4 is 5.43 Å². The van der Waals surface area contributed by atoms with Gasteiger partial charge in [0.1, 0.15) is 5.82 Å². The Balaban J connectivity index is 1.92. The predicted octanol–water partition coefficient (Wildman–Crippen LogP) is 3.15. The Bertz CT molecular complexity index is 767. The average molecular weight is 270 g/mol. The number of H-pyrrole nitrogens is 1. The van der Waals surface area contributed by atoms with Crippen molar-refractivity contribution in [3.63, 3.8) is 0 Å². The Labute approximate surface area is 116 Å². The highest BCUT2D eigenvalue weighted by atomic mass is 32.1. The molecule has 19 heavy (non-hydrogen) atoms. The van der Waals surface area contributed by atoms with Crippen LogP contribution in [0.2, 0.25) is 0 Å². The summed E-state index contributed by atoms with van der Waals surface area (Å²) in [5.74, 6) is 0.824. The largest absolute Gasteiger partial charge is 0.318 e. The van der Waals surface area contributed by atoms with E-state index in [1.807, 2.05) is 6.92 Å². The summed E-state index contributed by atoms with van der Waals surface area (Å²) in [6, 6.07) is 14.7. The van der Waals surface area contributed by atoms with Gasteiger partial charge in [-0.15, -0.1) is 0 Å². The van der Waals surface area contributed by atoms with Gasteiger partial charge < -0.3 is 5.43 Å². The molecule has 2 N–H and O–H groups in total. The number of nitrogens with one attached hydrogen (secondary N) is 2. The molecule has 3 rings (SSSR count). The van der Waals surface area contributed by atoms with E-state index in [1.54, 1.807) is 4.68 Å². The van der Waals surface area contributed by atoms with Gasteiger partial charge in [0.15, 0.2) is 0 Å². The second kappa shape index (κ2) is 4.85. The highest BCUT2D eigenvalue weighted by Crippen LogP contribution is 2.18. The number of aryl methyl sites for hydroxylation is 1. The van der Waals surface area contributed by atoms with Gasteiger partial charge in [0.05, 0.1) is 6.54 Å². The number of hydrogen-bond donors (Lipinski definition) is 2.